The van der Waals surface area contributed by atoms with Gasteiger partial charge in [-0.05, 0) is 26.2 Å². The summed E-state index contributed by atoms with van der Waals surface area (Å²) in [5, 5.41) is 3.21. The summed E-state index contributed by atoms with van der Waals surface area (Å²) in [4.78, 5) is 13.2. The average Bonchev–Trinajstić information content (AvgIpc) is 2.88. The largest absolute Gasteiger partial charge is 0.369 e. The van der Waals surface area contributed by atoms with E-state index in [1.807, 2.05) is 0 Å². The molecule has 0 radical (unpaired) electrons. The van der Waals surface area contributed by atoms with Crippen LogP contribution in [0.15, 0.2) is 0 Å². The van der Waals surface area contributed by atoms with E-state index < -0.39 is 0 Å². The SMILES string of the molecule is CC1CC(NCC(N)=O)CN1C1CC1. The molecule has 14 heavy (non-hydrogen) atoms. The topological polar surface area (TPSA) is 58.4 Å². The Hall–Kier alpha value is -0.610. The fourth-order valence-electron chi connectivity index (χ4n) is 2.36. The number of nitrogens with zero attached hydrogens (tertiary/aromatic N) is 1. The molecule has 1 aliphatic heterocycles. The highest BCUT2D eigenvalue weighted by molar-refractivity contribution is 5.75. The standard InChI is InChI=1S/C10H19N3O/c1-7-4-8(12-5-10(11)14)6-13(7)9-2-3-9/h7-9,12H,2-6H2,1H3,(H2,11,14). The second-order valence-corrected chi connectivity index (χ2v) is 4.56. The second kappa shape index (κ2) is 3.87. The fourth-order valence-corrected chi connectivity index (χ4v) is 2.36. The van der Waals surface area contributed by atoms with Gasteiger partial charge in [0.05, 0.1) is 6.54 Å². The van der Waals surface area contributed by atoms with Crippen molar-refractivity contribution in [2.75, 3.05) is 13.1 Å². The van der Waals surface area contributed by atoms with Gasteiger partial charge in [-0.2, -0.15) is 0 Å². The van der Waals surface area contributed by atoms with Crippen LogP contribution in [-0.4, -0.2) is 42.0 Å². The molecule has 0 aromatic rings. The van der Waals surface area contributed by atoms with Crippen molar-refractivity contribution < 1.29 is 4.79 Å². The molecule has 1 saturated heterocycles. The summed E-state index contributed by atoms with van der Waals surface area (Å²) in [7, 11) is 0. The molecule has 2 fully saturated rings. The first-order chi connectivity index (χ1) is 6.66. The molecule has 0 aromatic carbocycles. The Morgan fingerprint density at radius 1 is 1.57 bits per heavy atom. The first kappa shape index (κ1) is 9.93. The van der Waals surface area contributed by atoms with Crippen LogP contribution < -0.4 is 11.1 Å². The second-order valence-electron chi connectivity index (χ2n) is 4.56. The minimum atomic E-state index is -0.262. The summed E-state index contributed by atoms with van der Waals surface area (Å²) >= 11 is 0. The third-order valence-corrected chi connectivity index (χ3v) is 3.20. The predicted octanol–water partition coefficient (Wildman–Crippen LogP) is -0.313. The lowest BCUT2D eigenvalue weighted by Crippen LogP contribution is -2.38. The quantitative estimate of drug-likeness (QED) is 0.650. The van der Waals surface area contributed by atoms with Gasteiger partial charge < -0.3 is 11.1 Å². The Bertz CT molecular complexity index is 227. The summed E-state index contributed by atoms with van der Waals surface area (Å²) in [5.74, 6) is -0.262. The Balaban J connectivity index is 1.77. The maximum Gasteiger partial charge on any atom is 0.231 e. The summed E-state index contributed by atoms with van der Waals surface area (Å²) in [6.07, 6.45) is 3.85. The van der Waals surface area contributed by atoms with Crippen molar-refractivity contribution in [1.29, 1.82) is 0 Å². The Kier molecular flexibility index (Phi) is 2.74. The minimum Gasteiger partial charge on any atom is -0.369 e. The number of rotatable bonds is 4. The van der Waals surface area contributed by atoms with Crippen LogP contribution in [0.3, 0.4) is 0 Å². The highest BCUT2D eigenvalue weighted by atomic mass is 16.1. The molecule has 1 aliphatic carbocycles. The summed E-state index contributed by atoms with van der Waals surface area (Å²) in [6, 6.07) is 1.94. The number of hydrogen-bond acceptors (Lipinski definition) is 3. The van der Waals surface area contributed by atoms with E-state index in [9.17, 15) is 4.79 Å². The number of carbonyl (C=O) groups excluding carboxylic acids is 1. The normalized spacial score (nSPS) is 33.5. The molecule has 0 aromatic heterocycles. The molecule has 2 atom stereocenters. The maximum atomic E-state index is 10.6. The van der Waals surface area contributed by atoms with E-state index in [-0.39, 0.29) is 5.91 Å². The van der Waals surface area contributed by atoms with E-state index >= 15 is 0 Å². The Morgan fingerprint density at radius 3 is 2.86 bits per heavy atom. The highest BCUT2D eigenvalue weighted by Crippen LogP contribution is 2.33. The van der Waals surface area contributed by atoms with Gasteiger partial charge in [0.25, 0.3) is 0 Å². The number of amides is 1. The first-order valence-corrected chi connectivity index (χ1v) is 5.44. The van der Waals surface area contributed by atoms with E-state index in [1.54, 1.807) is 0 Å². The molecule has 4 heteroatoms. The minimum absolute atomic E-state index is 0.262. The van der Waals surface area contributed by atoms with E-state index in [0.29, 0.717) is 18.6 Å². The van der Waals surface area contributed by atoms with Gasteiger partial charge in [-0.1, -0.05) is 0 Å². The number of nitrogens with two attached hydrogens (primary N) is 1. The lowest BCUT2D eigenvalue weighted by molar-refractivity contribution is -0.117. The van der Waals surface area contributed by atoms with Crippen molar-refractivity contribution in [3.8, 4) is 0 Å². The number of carbonyl (C=O) groups is 1. The zero-order chi connectivity index (χ0) is 10.1. The van der Waals surface area contributed by atoms with Crippen LogP contribution in [0.2, 0.25) is 0 Å². The van der Waals surface area contributed by atoms with Crippen molar-refractivity contribution in [2.24, 2.45) is 5.73 Å². The predicted molar refractivity (Wildman–Crippen MR) is 54.8 cm³/mol. The van der Waals surface area contributed by atoms with E-state index in [1.165, 1.54) is 12.8 Å². The molecule has 4 nitrogen and oxygen atoms in total. The van der Waals surface area contributed by atoms with Crippen molar-refractivity contribution in [3.05, 3.63) is 0 Å². The fraction of sp³-hybridized carbons (Fsp3) is 0.900. The van der Waals surface area contributed by atoms with Crippen molar-refractivity contribution in [2.45, 2.75) is 44.3 Å². The summed E-state index contributed by atoms with van der Waals surface area (Å²) in [5.41, 5.74) is 5.10. The lowest BCUT2D eigenvalue weighted by Gasteiger charge is -2.19. The molecule has 1 heterocycles. The van der Waals surface area contributed by atoms with E-state index in [0.717, 1.165) is 19.0 Å². The third-order valence-electron chi connectivity index (χ3n) is 3.20. The number of primary amides is 1. The van der Waals surface area contributed by atoms with Gasteiger partial charge >= 0.3 is 0 Å². The van der Waals surface area contributed by atoms with Crippen LogP contribution in [0.4, 0.5) is 0 Å². The average molecular weight is 197 g/mol. The molecular weight excluding hydrogens is 178 g/mol. The van der Waals surface area contributed by atoms with Crippen molar-refractivity contribution >= 4 is 5.91 Å². The monoisotopic (exact) mass is 197 g/mol. The summed E-state index contributed by atoms with van der Waals surface area (Å²) in [6.45, 7) is 3.67. The molecule has 2 aliphatic rings. The van der Waals surface area contributed by atoms with Gasteiger partial charge in [0, 0.05) is 24.7 Å². The number of nitrogens with one attached hydrogen (secondary N) is 1. The van der Waals surface area contributed by atoms with Crippen molar-refractivity contribution in [3.63, 3.8) is 0 Å². The molecular formula is C10H19N3O. The lowest BCUT2D eigenvalue weighted by atomic mass is 10.2. The van der Waals surface area contributed by atoms with Crippen LogP contribution in [0, 0.1) is 0 Å². The molecule has 1 amide bonds. The van der Waals surface area contributed by atoms with Crippen LogP contribution in [0.5, 0.6) is 0 Å². The molecule has 80 valence electrons. The van der Waals surface area contributed by atoms with Gasteiger partial charge in [-0.25, -0.2) is 0 Å². The van der Waals surface area contributed by atoms with Gasteiger partial charge in [0.2, 0.25) is 5.91 Å². The van der Waals surface area contributed by atoms with Crippen LogP contribution in [0.1, 0.15) is 26.2 Å². The zero-order valence-electron chi connectivity index (χ0n) is 8.70. The van der Waals surface area contributed by atoms with E-state index in [2.05, 4.69) is 17.1 Å². The third kappa shape index (κ3) is 2.25. The Morgan fingerprint density at radius 2 is 2.29 bits per heavy atom. The number of likely N-dealkylation sites (tertiary alicyclic amines) is 1. The van der Waals surface area contributed by atoms with Gasteiger partial charge in [-0.15, -0.1) is 0 Å². The van der Waals surface area contributed by atoms with Crippen molar-refractivity contribution in [1.82, 2.24) is 10.2 Å². The molecule has 2 rings (SSSR count). The molecule has 0 spiro atoms. The molecule has 1 saturated carbocycles. The Labute approximate surface area is 84.8 Å². The van der Waals surface area contributed by atoms with Crippen LogP contribution >= 0.6 is 0 Å². The maximum absolute atomic E-state index is 10.6. The summed E-state index contributed by atoms with van der Waals surface area (Å²) < 4.78 is 0. The van der Waals surface area contributed by atoms with Crippen LogP contribution in [-0.2, 0) is 4.79 Å². The van der Waals surface area contributed by atoms with Gasteiger partial charge in [0.15, 0.2) is 0 Å². The number of hydrogen-bond donors (Lipinski definition) is 2. The zero-order valence-corrected chi connectivity index (χ0v) is 8.70. The molecule has 3 N–H and O–H groups in total. The van der Waals surface area contributed by atoms with Gasteiger partial charge in [0.1, 0.15) is 0 Å². The van der Waals surface area contributed by atoms with E-state index in [4.69, 9.17) is 5.73 Å². The highest BCUT2D eigenvalue weighted by Gasteiger charge is 2.38. The van der Waals surface area contributed by atoms with Gasteiger partial charge in [-0.3, -0.25) is 9.69 Å². The molecule has 0 bridgehead atoms. The smallest absolute Gasteiger partial charge is 0.231 e. The molecule has 2 unspecified atom stereocenters. The van der Waals surface area contributed by atoms with Crippen LogP contribution in [0.25, 0.3) is 0 Å². The first-order valence-electron chi connectivity index (χ1n) is 5.44.